The number of methoxy groups -OCH3 is 1. The van der Waals surface area contributed by atoms with E-state index in [4.69, 9.17) is 37.1 Å². The zero-order chi connectivity index (χ0) is 19.4. The van der Waals surface area contributed by atoms with Crippen molar-refractivity contribution in [2.45, 2.75) is 6.61 Å². The third kappa shape index (κ3) is 4.70. The van der Waals surface area contributed by atoms with Gasteiger partial charge in [0.25, 0.3) is 0 Å². The first-order chi connectivity index (χ1) is 13.0. The first-order valence-electron chi connectivity index (χ1n) is 7.87. The molecule has 138 valence electrons. The summed E-state index contributed by atoms with van der Waals surface area (Å²) >= 11 is 11.8. The number of hydrogen-bond donors (Lipinski definition) is 0. The van der Waals surface area contributed by atoms with Gasteiger partial charge in [-0.1, -0.05) is 29.3 Å². The van der Waals surface area contributed by atoms with Crippen molar-refractivity contribution < 1.29 is 18.7 Å². The van der Waals surface area contributed by atoms with E-state index in [9.17, 15) is 9.59 Å². The Labute approximate surface area is 164 Å². The molecule has 0 spiro atoms. The van der Waals surface area contributed by atoms with Crippen LogP contribution in [-0.2, 0) is 16.1 Å². The van der Waals surface area contributed by atoms with Crippen molar-refractivity contribution in [3.8, 4) is 5.75 Å². The van der Waals surface area contributed by atoms with Crippen LogP contribution in [0.25, 0.3) is 17.0 Å². The number of fused-ring (bicyclic) bond motifs is 1. The molecule has 0 atom stereocenters. The van der Waals surface area contributed by atoms with Gasteiger partial charge in [0.1, 0.15) is 17.9 Å². The molecule has 0 aliphatic heterocycles. The molecule has 0 saturated heterocycles. The highest BCUT2D eigenvalue weighted by molar-refractivity contribution is 6.42. The smallest absolute Gasteiger partial charge is 0.336 e. The molecular weight excluding hydrogens is 391 g/mol. The summed E-state index contributed by atoms with van der Waals surface area (Å²) in [6, 6.07) is 11.4. The zero-order valence-electron chi connectivity index (χ0n) is 14.2. The van der Waals surface area contributed by atoms with Crippen LogP contribution in [0, 0.1) is 0 Å². The number of ether oxygens (including phenoxy) is 2. The van der Waals surface area contributed by atoms with Gasteiger partial charge in [0.2, 0.25) is 0 Å². The van der Waals surface area contributed by atoms with E-state index in [2.05, 4.69) is 0 Å². The Balaban J connectivity index is 1.74. The maximum absolute atomic E-state index is 12.0. The van der Waals surface area contributed by atoms with Crippen molar-refractivity contribution >= 4 is 46.2 Å². The topological polar surface area (TPSA) is 65.7 Å². The molecule has 1 heterocycles. The number of benzene rings is 2. The molecule has 0 saturated carbocycles. The van der Waals surface area contributed by atoms with E-state index < -0.39 is 11.6 Å². The quantitative estimate of drug-likeness (QED) is 0.345. The fourth-order valence-electron chi connectivity index (χ4n) is 2.43. The lowest BCUT2D eigenvalue weighted by Crippen LogP contribution is -2.05. The van der Waals surface area contributed by atoms with E-state index in [-0.39, 0.29) is 6.61 Å². The Kier molecular flexibility index (Phi) is 5.84. The normalized spacial score (nSPS) is 11.1. The second kappa shape index (κ2) is 8.29. The van der Waals surface area contributed by atoms with Crippen LogP contribution in [0.2, 0.25) is 10.0 Å². The van der Waals surface area contributed by atoms with Crippen molar-refractivity contribution in [1.82, 2.24) is 0 Å². The minimum Gasteiger partial charge on any atom is -0.497 e. The van der Waals surface area contributed by atoms with E-state index in [1.54, 1.807) is 42.5 Å². The number of hydrogen-bond acceptors (Lipinski definition) is 5. The number of carbonyl (C=O) groups is 1. The van der Waals surface area contributed by atoms with Gasteiger partial charge in [-0.25, -0.2) is 9.59 Å². The molecule has 0 bridgehead atoms. The lowest BCUT2D eigenvalue weighted by molar-refractivity contribution is -0.138. The Morgan fingerprint density at radius 3 is 2.67 bits per heavy atom. The van der Waals surface area contributed by atoms with Crippen molar-refractivity contribution in [2.24, 2.45) is 0 Å². The van der Waals surface area contributed by atoms with Gasteiger partial charge in [-0.05, 0) is 35.9 Å². The Bertz CT molecular complexity index is 1090. The summed E-state index contributed by atoms with van der Waals surface area (Å²) in [6.45, 7) is -0.0705. The van der Waals surface area contributed by atoms with E-state index >= 15 is 0 Å². The minimum atomic E-state index is -0.559. The van der Waals surface area contributed by atoms with Crippen LogP contribution in [0.1, 0.15) is 11.1 Å². The highest BCUT2D eigenvalue weighted by atomic mass is 35.5. The van der Waals surface area contributed by atoms with Gasteiger partial charge in [-0.15, -0.1) is 0 Å². The molecule has 0 amide bonds. The zero-order valence-corrected chi connectivity index (χ0v) is 15.7. The van der Waals surface area contributed by atoms with Crippen molar-refractivity contribution in [3.63, 3.8) is 0 Å². The Hall–Kier alpha value is -2.76. The number of halogens is 2. The fourth-order valence-corrected chi connectivity index (χ4v) is 2.74. The minimum absolute atomic E-state index is 0.0705. The summed E-state index contributed by atoms with van der Waals surface area (Å²) in [6.07, 6.45) is 2.84. The molecule has 7 heteroatoms. The number of carbonyl (C=O) groups excluding carboxylic acids is 1. The molecule has 0 aliphatic rings. The second-order valence-electron chi connectivity index (χ2n) is 5.57. The summed E-state index contributed by atoms with van der Waals surface area (Å²) < 4.78 is 15.5. The molecule has 3 aromatic rings. The van der Waals surface area contributed by atoms with Gasteiger partial charge in [0.05, 0.1) is 17.2 Å². The maximum atomic E-state index is 12.0. The van der Waals surface area contributed by atoms with Crippen LogP contribution in [0.3, 0.4) is 0 Å². The second-order valence-corrected chi connectivity index (χ2v) is 6.38. The van der Waals surface area contributed by atoms with Crippen LogP contribution in [0.4, 0.5) is 0 Å². The first kappa shape index (κ1) is 19.0. The molecule has 0 unspecified atom stereocenters. The van der Waals surface area contributed by atoms with Crippen LogP contribution >= 0.6 is 23.2 Å². The van der Waals surface area contributed by atoms with Crippen molar-refractivity contribution in [1.29, 1.82) is 0 Å². The van der Waals surface area contributed by atoms with Gasteiger partial charge in [-0.2, -0.15) is 0 Å². The summed E-state index contributed by atoms with van der Waals surface area (Å²) in [5.74, 6) is 0.000304. The van der Waals surface area contributed by atoms with Gasteiger partial charge < -0.3 is 13.9 Å². The largest absolute Gasteiger partial charge is 0.497 e. The molecule has 0 aliphatic carbocycles. The van der Waals surface area contributed by atoms with E-state index in [1.165, 1.54) is 19.3 Å². The summed E-state index contributed by atoms with van der Waals surface area (Å²) in [5, 5.41) is 1.49. The summed E-state index contributed by atoms with van der Waals surface area (Å²) in [7, 11) is 1.52. The third-order valence-electron chi connectivity index (χ3n) is 3.76. The Morgan fingerprint density at radius 2 is 1.93 bits per heavy atom. The van der Waals surface area contributed by atoms with Crippen molar-refractivity contribution in [2.75, 3.05) is 7.11 Å². The maximum Gasteiger partial charge on any atom is 0.336 e. The van der Waals surface area contributed by atoms with Crippen molar-refractivity contribution in [3.05, 3.63) is 80.1 Å². The average Bonchev–Trinajstić information content (AvgIpc) is 2.66. The van der Waals surface area contributed by atoms with Crippen LogP contribution in [-0.4, -0.2) is 13.1 Å². The number of esters is 1. The molecule has 3 rings (SSSR count). The summed E-state index contributed by atoms with van der Waals surface area (Å²) in [4.78, 5) is 23.7. The average molecular weight is 405 g/mol. The highest BCUT2D eigenvalue weighted by Crippen LogP contribution is 2.24. The van der Waals surface area contributed by atoms with Gasteiger partial charge in [0, 0.05) is 29.2 Å². The molecule has 27 heavy (non-hydrogen) atoms. The standard InChI is InChI=1S/C20H14Cl2O5/c1-25-14-4-5-15-13(9-20(24)27-18(15)10-14)11-26-19(23)7-3-12-2-6-16(21)17(22)8-12/h2-10H,11H2,1H3. The SMILES string of the molecule is COc1ccc2c(COC(=O)C=Cc3ccc(Cl)c(Cl)c3)cc(=O)oc2c1. The molecule has 2 aromatic carbocycles. The van der Waals surface area contributed by atoms with E-state index in [0.29, 0.717) is 37.9 Å². The fraction of sp³-hybridized carbons (Fsp3) is 0.100. The number of rotatable bonds is 5. The van der Waals surface area contributed by atoms with Gasteiger partial charge >= 0.3 is 11.6 Å². The molecule has 1 aromatic heterocycles. The van der Waals surface area contributed by atoms with Gasteiger partial charge in [-0.3, -0.25) is 0 Å². The molecule has 0 radical (unpaired) electrons. The van der Waals surface area contributed by atoms with E-state index in [1.807, 2.05) is 0 Å². The predicted molar refractivity (Wildman–Crippen MR) is 104 cm³/mol. The summed E-state index contributed by atoms with van der Waals surface area (Å²) in [5.41, 5.74) is 1.08. The molecule has 0 N–H and O–H groups in total. The lowest BCUT2D eigenvalue weighted by atomic mass is 10.1. The van der Waals surface area contributed by atoms with Gasteiger partial charge in [0.15, 0.2) is 0 Å². The highest BCUT2D eigenvalue weighted by Gasteiger charge is 2.09. The van der Waals surface area contributed by atoms with Crippen LogP contribution < -0.4 is 10.4 Å². The first-order valence-corrected chi connectivity index (χ1v) is 8.62. The monoisotopic (exact) mass is 404 g/mol. The lowest BCUT2D eigenvalue weighted by Gasteiger charge is -2.07. The molecule has 0 fully saturated rings. The third-order valence-corrected chi connectivity index (χ3v) is 4.50. The Morgan fingerprint density at radius 1 is 1.11 bits per heavy atom. The van der Waals surface area contributed by atoms with E-state index in [0.717, 1.165) is 0 Å². The van der Waals surface area contributed by atoms with Crippen LogP contribution in [0.15, 0.2) is 57.8 Å². The van der Waals surface area contributed by atoms with Crippen LogP contribution in [0.5, 0.6) is 5.75 Å². The molecular formula is C20H14Cl2O5. The molecule has 5 nitrogen and oxygen atoms in total. The predicted octanol–water partition coefficient (Wildman–Crippen LogP) is 4.87.